The molecule has 2 heterocycles. The lowest BCUT2D eigenvalue weighted by Crippen LogP contribution is -2.39. The number of hydrogen-bond acceptors (Lipinski definition) is 3. The van der Waals surface area contributed by atoms with Gasteiger partial charge in [0.25, 0.3) is 5.69 Å². The summed E-state index contributed by atoms with van der Waals surface area (Å²) in [6, 6.07) is 2.85. The molecule has 0 spiro atoms. The zero-order chi connectivity index (χ0) is 15.2. The Labute approximate surface area is 124 Å². The van der Waals surface area contributed by atoms with Crippen LogP contribution in [0.2, 0.25) is 0 Å². The van der Waals surface area contributed by atoms with Crippen molar-refractivity contribution in [2.24, 2.45) is 5.92 Å². The molecule has 4 heteroatoms. The first-order valence-corrected chi connectivity index (χ1v) is 7.42. The second kappa shape index (κ2) is 4.97. The normalized spacial score (nSPS) is 32.7. The Morgan fingerprint density at radius 1 is 1.43 bits per heavy atom. The molecule has 21 heavy (non-hydrogen) atoms. The highest BCUT2D eigenvalue weighted by Gasteiger charge is 2.56. The van der Waals surface area contributed by atoms with Crippen molar-refractivity contribution in [3.05, 3.63) is 47.8 Å². The molecule has 0 bridgehead atoms. The summed E-state index contributed by atoms with van der Waals surface area (Å²) >= 11 is 0. The summed E-state index contributed by atoms with van der Waals surface area (Å²) in [5.41, 5.74) is -0.0596. The molecule has 0 saturated heterocycles. The predicted octanol–water partition coefficient (Wildman–Crippen LogP) is 1.72. The molecule has 0 radical (unpaired) electrons. The smallest absolute Gasteiger partial charge is 0.258 e. The van der Waals surface area contributed by atoms with Crippen molar-refractivity contribution in [2.45, 2.75) is 44.4 Å². The molecule has 3 N–H and O–H groups in total. The van der Waals surface area contributed by atoms with E-state index < -0.39 is 11.7 Å². The number of aromatic nitrogens is 1. The van der Waals surface area contributed by atoms with Gasteiger partial charge in [-0.3, -0.25) is 0 Å². The Morgan fingerprint density at radius 3 is 2.81 bits per heavy atom. The second-order valence-corrected chi connectivity index (χ2v) is 6.34. The van der Waals surface area contributed by atoms with Crippen LogP contribution in [-0.4, -0.2) is 21.4 Å². The van der Waals surface area contributed by atoms with Gasteiger partial charge in [-0.05, 0) is 50.3 Å². The first-order chi connectivity index (χ1) is 9.91. The maximum absolute atomic E-state index is 10.5. The van der Waals surface area contributed by atoms with Crippen molar-refractivity contribution in [3.63, 3.8) is 0 Å². The molecule has 1 aromatic heterocycles. The molecule has 1 saturated carbocycles. The number of rotatable bonds is 3. The molecule has 3 atom stereocenters. The van der Waals surface area contributed by atoms with Gasteiger partial charge in [-0.2, -0.15) is 4.57 Å². The Morgan fingerprint density at radius 2 is 2.14 bits per heavy atom. The predicted molar refractivity (Wildman–Crippen MR) is 78.5 cm³/mol. The molecule has 0 unspecified atom stereocenters. The minimum absolute atomic E-state index is 0.00336. The Hall–Kier alpha value is -1.65. The third kappa shape index (κ3) is 2.49. The van der Waals surface area contributed by atoms with Crippen LogP contribution in [0.25, 0.3) is 0 Å². The largest absolute Gasteiger partial charge is 0.502 e. The van der Waals surface area contributed by atoms with Crippen molar-refractivity contribution < 1.29 is 19.9 Å². The SMILES string of the molecule is CC(/C=C/C1CC1)=C\[C@H]1[C@H](O)[C@@](C)(O)c2c(O)ccc[n+]21. The van der Waals surface area contributed by atoms with Crippen molar-refractivity contribution in [1.29, 1.82) is 0 Å². The summed E-state index contributed by atoms with van der Waals surface area (Å²) in [7, 11) is 0. The van der Waals surface area contributed by atoms with E-state index in [2.05, 4.69) is 12.2 Å². The Bertz CT molecular complexity index is 614. The monoisotopic (exact) mass is 288 g/mol. The highest BCUT2D eigenvalue weighted by atomic mass is 16.3. The highest BCUT2D eigenvalue weighted by molar-refractivity contribution is 5.31. The fourth-order valence-corrected chi connectivity index (χ4v) is 2.98. The van der Waals surface area contributed by atoms with Gasteiger partial charge in [0.15, 0.2) is 23.7 Å². The van der Waals surface area contributed by atoms with Crippen LogP contribution in [0.1, 0.15) is 38.4 Å². The third-order valence-corrected chi connectivity index (χ3v) is 4.39. The summed E-state index contributed by atoms with van der Waals surface area (Å²) in [5, 5.41) is 31.0. The second-order valence-electron chi connectivity index (χ2n) is 6.34. The lowest BCUT2D eigenvalue weighted by atomic mass is 9.94. The van der Waals surface area contributed by atoms with Crippen molar-refractivity contribution in [3.8, 4) is 5.75 Å². The zero-order valence-electron chi connectivity index (χ0n) is 12.4. The molecule has 1 aliphatic heterocycles. The van der Waals surface area contributed by atoms with Crippen LogP contribution in [0.15, 0.2) is 42.1 Å². The van der Waals surface area contributed by atoms with Crippen LogP contribution in [0.3, 0.4) is 0 Å². The molecule has 1 aliphatic carbocycles. The first kappa shape index (κ1) is 14.3. The summed E-state index contributed by atoms with van der Waals surface area (Å²) in [5.74, 6) is 0.706. The third-order valence-electron chi connectivity index (χ3n) is 4.39. The van der Waals surface area contributed by atoms with Gasteiger partial charge < -0.3 is 15.3 Å². The minimum atomic E-state index is -1.47. The van der Waals surface area contributed by atoms with Gasteiger partial charge in [0.2, 0.25) is 6.04 Å². The topological polar surface area (TPSA) is 64.6 Å². The first-order valence-electron chi connectivity index (χ1n) is 7.42. The number of pyridine rings is 1. The van der Waals surface area contributed by atoms with Gasteiger partial charge in [-0.25, -0.2) is 0 Å². The average Bonchev–Trinajstić information content (AvgIpc) is 3.22. The van der Waals surface area contributed by atoms with E-state index in [1.807, 2.05) is 13.0 Å². The van der Waals surface area contributed by atoms with Crippen LogP contribution < -0.4 is 4.57 Å². The number of allylic oxidation sites excluding steroid dienone is 3. The van der Waals surface area contributed by atoms with E-state index in [0.717, 1.165) is 5.57 Å². The lowest BCUT2D eigenvalue weighted by molar-refractivity contribution is -0.711. The molecule has 4 nitrogen and oxygen atoms in total. The molecule has 1 fully saturated rings. The van der Waals surface area contributed by atoms with Crippen LogP contribution >= 0.6 is 0 Å². The standard InChI is InChI=1S/C17H21NO3/c1-11(5-6-12-7-8-12)10-13-16(20)17(2,21)15-14(19)4-3-9-18(13)15/h3-6,9-10,12-13,16,20-21H,7-8H2,1-2H3/p+1/b6-5+,11-10+/t13-,16-,17-/m0/s1. The zero-order valence-corrected chi connectivity index (χ0v) is 12.4. The number of aliphatic hydroxyl groups is 2. The molecule has 1 aromatic rings. The molecular weight excluding hydrogens is 266 g/mol. The van der Waals surface area contributed by atoms with Crippen LogP contribution in [-0.2, 0) is 5.60 Å². The van der Waals surface area contributed by atoms with Crippen molar-refractivity contribution >= 4 is 0 Å². The van der Waals surface area contributed by atoms with E-state index in [1.54, 1.807) is 16.8 Å². The van der Waals surface area contributed by atoms with E-state index in [9.17, 15) is 15.3 Å². The maximum Gasteiger partial charge on any atom is 0.258 e. The molecule has 2 aliphatic rings. The minimum Gasteiger partial charge on any atom is -0.502 e. The highest BCUT2D eigenvalue weighted by Crippen LogP contribution is 2.39. The van der Waals surface area contributed by atoms with Crippen molar-refractivity contribution in [1.82, 2.24) is 0 Å². The average molecular weight is 288 g/mol. The summed E-state index contributed by atoms with van der Waals surface area (Å²) < 4.78 is 1.74. The number of fused-ring (bicyclic) bond motifs is 1. The molecular formula is C17H22NO3+. The van der Waals surface area contributed by atoms with E-state index in [0.29, 0.717) is 11.6 Å². The fourth-order valence-electron chi connectivity index (χ4n) is 2.98. The number of aliphatic hydroxyl groups excluding tert-OH is 1. The van der Waals surface area contributed by atoms with E-state index in [1.165, 1.54) is 25.8 Å². The lowest BCUT2D eigenvalue weighted by Gasteiger charge is -2.17. The fraction of sp³-hybridized carbons (Fsp3) is 0.471. The van der Waals surface area contributed by atoms with Gasteiger partial charge in [0, 0.05) is 6.07 Å². The number of nitrogens with zero attached hydrogens (tertiary/aromatic N) is 1. The van der Waals surface area contributed by atoms with E-state index in [-0.39, 0.29) is 11.8 Å². The summed E-state index contributed by atoms with van der Waals surface area (Å²) in [6.45, 7) is 3.52. The van der Waals surface area contributed by atoms with Crippen LogP contribution in [0.5, 0.6) is 5.75 Å². The maximum atomic E-state index is 10.5. The van der Waals surface area contributed by atoms with Crippen LogP contribution in [0.4, 0.5) is 0 Å². The Balaban J connectivity index is 1.96. The van der Waals surface area contributed by atoms with E-state index >= 15 is 0 Å². The number of aromatic hydroxyl groups is 1. The van der Waals surface area contributed by atoms with Gasteiger partial charge in [0.05, 0.1) is 0 Å². The van der Waals surface area contributed by atoms with Gasteiger partial charge in [0.1, 0.15) is 0 Å². The molecule has 0 aromatic carbocycles. The quantitative estimate of drug-likeness (QED) is 0.586. The van der Waals surface area contributed by atoms with Gasteiger partial charge in [-0.15, -0.1) is 0 Å². The summed E-state index contributed by atoms with van der Waals surface area (Å²) in [4.78, 5) is 0. The van der Waals surface area contributed by atoms with Crippen LogP contribution in [0, 0.1) is 5.92 Å². The number of hydrogen-bond donors (Lipinski definition) is 3. The van der Waals surface area contributed by atoms with E-state index in [4.69, 9.17) is 0 Å². The van der Waals surface area contributed by atoms with Crippen molar-refractivity contribution in [2.75, 3.05) is 0 Å². The van der Waals surface area contributed by atoms with Gasteiger partial charge in [-0.1, -0.05) is 12.2 Å². The summed E-state index contributed by atoms with van der Waals surface area (Å²) in [6.07, 6.45) is 9.51. The van der Waals surface area contributed by atoms with Gasteiger partial charge >= 0.3 is 0 Å². The molecule has 3 rings (SSSR count). The molecule has 0 amide bonds. The Kier molecular flexibility index (Phi) is 3.38. The molecule has 112 valence electrons.